The van der Waals surface area contributed by atoms with Crippen LogP contribution in [0.15, 0.2) is 12.1 Å². The molecule has 0 bridgehead atoms. The van der Waals surface area contributed by atoms with Crippen molar-refractivity contribution >= 4 is 22.9 Å². The van der Waals surface area contributed by atoms with Crippen LogP contribution in [-0.4, -0.2) is 13.1 Å². The Hall–Kier alpha value is -0.0500. The number of halogens is 1. The van der Waals surface area contributed by atoms with Crippen molar-refractivity contribution in [2.24, 2.45) is 5.92 Å². The van der Waals surface area contributed by atoms with Crippen molar-refractivity contribution in [3.05, 3.63) is 21.3 Å². The highest BCUT2D eigenvalue weighted by Crippen LogP contribution is 2.24. The minimum atomic E-state index is 0.852. The van der Waals surface area contributed by atoms with Gasteiger partial charge in [0, 0.05) is 4.88 Å². The van der Waals surface area contributed by atoms with E-state index in [0.29, 0.717) is 0 Å². The van der Waals surface area contributed by atoms with E-state index in [0.717, 1.165) is 10.3 Å². The summed E-state index contributed by atoms with van der Waals surface area (Å²) in [6.07, 6.45) is 1.20. The van der Waals surface area contributed by atoms with Gasteiger partial charge in [0.05, 0.1) is 4.34 Å². The molecule has 60 valence electrons. The summed E-state index contributed by atoms with van der Waals surface area (Å²) in [7, 11) is 0. The SMILES string of the molecule is Clc1ccc(CC2CNC2)s1. The van der Waals surface area contributed by atoms with Crippen molar-refractivity contribution in [2.75, 3.05) is 13.1 Å². The zero-order valence-corrected chi connectivity index (χ0v) is 7.71. The number of hydrogen-bond acceptors (Lipinski definition) is 2. The molecule has 1 saturated heterocycles. The minimum absolute atomic E-state index is 0.852. The lowest BCUT2D eigenvalue weighted by Crippen LogP contribution is -2.42. The molecule has 0 aliphatic carbocycles. The van der Waals surface area contributed by atoms with Gasteiger partial charge in [-0.1, -0.05) is 11.6 Å². The Balaban J connectivity index is 1.95. The third-order valence-corrected chi connectivity index (χ3v) is 3.24. The van der Waals surface area contributed by atoms with Crippen molar-refractivity contribution < 1.29 is 0 Å². The van der Waals surface area contributed by atoms with E-state index in [1.807, 2.05) is 6.07 Å². The maximum Gasteiger partial charge on any atom is 0.0931 e. The van der Waals surface area contributed by atoms with E-state index < -0.39 is 0 Å². The van der Waals surface area contributed by atoms with Crippen LogP contribution in [-0.2, 0) is 6.42 Å². The molecule has 11 heavy (non-hydrogen) atoms. The van der Waals surface area contributed by atoms with Crippen molar-refractivity contribution in [3.8, 4) is 0 Å². The fourth-order valence-electron chi connectivity index (χ4n) is 1.24. The highest BCUT2D eigenvalue weighted by Gasteiger charge is 2.17. The van der Waals surface area contributed by atoms with Gasteiger partial charge < -0.3 is 5.32 Å². The summed E-state index contributed by atoms with van der Waals surface area (Å²) < 4.78 is 0.910. The molecule has 1 N–H and O–H groups in total. The van der Waals surface area contributed by atoms with Gasteiger partial charge in [0.25, 0.3) is 0 Å². The molecule has 0 radical (unpaired) electrons. The van der Waals surface area contributed by atoms with Gasteiger partial charge in [-0.2, -0.15) is 0 Å². The Morgan fingerprint density at radius 1 is 1.55 bits per heavy atom. The lowest BCUT2D eigenvalue weighted by molar-refractivity contribution is 0.348. The summed E-state index contributed by atoms with van der Waals surface area (Å²) in [4.78, 5) is 1.42. The molecule has 2 heterocycles. The number of nitrogens with one attached hydrogen (secondary N) is 1. The Kier molecular flexibility index (Phi) is 2.16. The Morgan fingerprint density at radius 3 is 2.82 bits per heavy atom. The summed E-state index contributed by atoms with van der Waals surface area (Å²) >= 11 is 7.51. The fourth-order valence-corrected chi connectivity index (χ4v) is 2.44. The first-order valence-electron chi connectivity index (χ1n) is 3.79. The summed E-state index contributed by atoms with van der Waals surface area (Å²) in [5.41, 5.74) is 0. The minimum Gasteiger partial charge on any atom is -0.316 e. The van der Waals surface area contributed by atoms with Crippen molar-refractivity contribution in [1.82, 2.24) is 5.32 Å². The van der Waals surface area contributed by atoms with Gasteiger partial charge in [-0.25, -0.2) is 0 Å². The van der Waals surface area contributed by atoms with Gasteiger partial charge in [0.1, 0.15) is 0 Å². The molecule has 0 atom stereocenters. The normalized spacial score (nSPS) is 18.3. The second-order valence-electron chi connectivity index (χ2n) is 2.93. The van der Waals surface area contributed by atoms with Crippen LogP contribution >= 0.6 is 22.9 Å². The zero-order valence-electron chi connectivity index (χ0n) is 6.14. The van der Waals surface area contributed by atoms with Gasteiger partial charge in [-0.05, 0) is 37.6 Å². The lowest BCUT2D eigenvalue weighted by atomic mass is 9.99. The van der Waals surface area contributed by atoms with Crippen LogP contribution in [0.25, 0.3) is 0 Å². The standard InChI is InChI=1S/C8H10ClNS/c9-8-2-1-7(11-8)3-6-4-10-5-6/h1-2,6,10H,3-5H2. The van der Waals surface area contributed by atoms with Gasteiger partial charge in [-0.15, -0.1) is 11.3 Å². The predicted molar refractivity (Wildman–Crippen MR) is 49.4 cm³/mol. The first-order chi connectivity index (χ1) is 5.34. The zero-order chi connectivity index (χ0) is 7.68. The van der Waals surface area contributed by atoms with Crippen LogP contribution in [0, 0.1) is 5.92 Å². The maximum absolute atomic E-state index is 5.81. The van der Waals surface area contributed by atoms with Crippen molar-refractivity contribution in [1.29, 1.82) is 0 Å². The highest BCUT2D eigenvalue weighted by atomic mass is 35.5. The molecule has 2 rings (SSSR count). The van der Waals surface area contributed by atoms with Crippen LogP contribution in [0.2, 0.25) is 4.34 Å². The molecule has 1 aliphatic heterocycles. The molecule has 3 heteroatoms. The predicted octanol–water partition coefficient (Wildman–Crippen LogP) is 2.16. The molecular formula is C8H10ClNS. The third kappa shape index (κ3) is 1.75. The smallest absolute Gasteiger partial charge is 0.0931 e. The van der Waals surface area contributed by atoms with Crippen molar-refractivity contribution in [2.45, 2.75) is 6.42 Å². The van der Waals surface area contributed by atoms with Crippen LogP contribution < -0.4 is 5.32 Å². The van der Waals surface area contributed by atoms with Gasteiger partial charge in [-0.3, -0.25) is 0 Å². The fraction of sp³-hybridized carbons (Fsp3) is 0.500. The molecule has 1 nitrogen and oxygen atoms in total. The topological polar surface area (TPSA) is 12.0 Å². The molecule has 0 aromatic carbocycles. The third-order valence-electron chi connectivity index (χ3n) is 1.98. The molecule has 1 fully saturated rings. The number of thiophene rings is 1. The molecule has 0 unspecified atom stereocenters. The Morgan fingerprint density at radius 2 is 2.36 bits per heavy atom. The van der Waals surface area contributed by atoms with Crippen LogP contribution in [0.1, 0.15) is 4.88 Å². The average Bonchev–Trinajstić information content (AvgIpc) is 2.27. The Labute approximate surface area is 75.4 Å². The summed E-state index contributed by atoms with van der Waals surface area (Å²) in [5.74, 6) is 0.852. The number of rotatable bonds is 2. The van der Waals surface area contributed by atoms with Gasteiger partial charge >= 0.3 is 0 Å². The van der Waals surface area contributed by atoms with Gasteiger partial charge in [0.2, 0.25) is 0 Å². The van der Waals surface area contributed by atoms with Crippen LogP contribution in [0.3, 0.4) is 0 Å². The quantitative estimate of drug-likeness (QED) is 0.749. The van der Waals surface area contributed by atoms with E-state index in [9.17, 15) is 0 Å². The molecule has 1 aromatic rings. The summed E-state index contributed by atoms with van der Waals surface area (Å²) in [6, 6.07) is 4.11. The van der Waals surface area contributed by atoms with Crippen molar-refractivity contribution in [3.63, 3.8) is 0 Å². The number of hydrogen-bond donors (Lipinski definition) is 1. The second-order valence-corrected chi connectivity index (χ2v) is 4.73. The first-order valence-corrected chi connectivity index (χ1v) is 4.99. The molecule has 0 spiro atoms. The highest BCUT2D eigenvalue weighted by molar-refractivity contribution is 7.16. The monoisotopic (exact) mass is 187 g/mol. The molecular weight excluding hydrogens is 178 g/mol. The molecule has 0 amide bonds. The largest absolute Gasteiger partial charge is 0.316 e. The molecule has 0 saturated carbocycles. The lowest BCUT2D eigenvalue weighted by Gasteiger charge is -2.26. The Bertz CT molecular complexity index is 242. The maximum atomic E-state index is 5.81. The molecule has 1 aromatic heterocycles. The van der Waals surface area contributed by atoms with E-state index in [1.54, 1.807) is 11.3 Å². The van der Waals surface area contributed by atoms with E-state index in [2.05, 4.69) is 11.4 Å². The molecule has 1 aliphatic rings. The van der Waals surface area contributed by atoms with Crippen LogP contribution in [0.4, 0.5) is 0 Å². The average molecular weight is 188 g/mol. The second kappa shape index (κ2) is 3.13. The van der Waals surface area contributed by atoms with E-state index in [-0.39, 0.29) is 0 Å². The summed E-state index contributed by atoms with van der Waals surface area (Å²) in [6.45, 7) is 2.35. The summed E-state index contributed by atoms with van der Waals surface area (Å²) in [5, 5.41) is 3.26. The van der Waals surface area contributed by atoms with Gasteiger partial charge in [0.15, 0.2) is 0 Å². The van der Waals surface area contributed by atoms with E-state index in [4.69, 9.17) is 11.6 Å². The van der Waals surface area contributed by atoms with E-state index in [1.165, 1.54) is 24.4 Å². The van der Waals surface area contributed by atoms with E-state index >= 15 is 0 Å². The first kappa shape index (κ1) is 7.59. The van der Waals surface area contributed by atoms with Crippen LogP contribution in [0.5, 0.6) is 0 Å².